The van der Waals surface area contributed by atoms with Crippen LogP contribution >= 0.6 is 0 Å². The molecule has 0 aromatic rings. The summed E-state index contributed by atoms with van der Waals surface area (Å²) in [6.45, 7) is 11.0. The molecule has 1 aliphatic heterocycles. The minimum atomic E-state index is -0.0258. The quantitative estimate of drug-likeness (QED) is 0.704. The van der Waals surface area contributed by atoms with E-state index in [4.69, 9.17) is 9.47 Å². The Labute approximate surface area is 101 Å². The van der Waals surface area contributed by atoms with Crippen molar-refractivity contribution in [2.24, 2.45) is 5.92 Å². The summed E-state index contributed by atoms with van der Waals surface area (Å²) >= 11 is 0. The van der Waals surface area contributed by atoms with Gasteiger partial charge in [-0.05, 0) is 33.6 Å². The van der Waals surface area contributed by atoms with E-state index in [0.717, 1.165) is 12.8 Å². The molecule has 0 radical (unpaired) electrons. The summed E-state index contributed by atoms with van der Waals surface area (Å²) in [5, 5.41) is 0. The smallest absolute Gasteiger partial charge is 0.161 e. The van der Waals surface area contributed by atoms with E-state index in [1.54, 1.807) is 0 Å². The van der Waals surface area contributed by atoms with Crippen LogP contribution in [0.1, 0.15) is 66.7 Å². The first kappa shape index (κ1) is 14.0. The van der Waals surface area contributed by atoms with Crippen LogP contribution < -0.4 is 0 Å². The van der Waals surface area contributed by atoms with E-state index in [0.29, 0.717) is 12.0 Å². The van der Waals surface area contributed by atoms with E-state index in [1.165, 1.54) is 19.3 Å². The summed E-state index contributed by atoms with van der Waals surface area (Å²) < 4.78 is 12.0. The second kappa shape index (κ2) is 6.02. The van der Waals surface area contributed by atoms with E-state index in [2.05, 4.69) is 34.6 Å². The highest BCUT2D eigenvalue weighted by Gasteiger charge is 2.36. The van der Waals surface area contributed by atoms with E-state index in [-0.39, 0.29) is 11.9 Å². The van der Waals surface area contributed by atoms with Crippen molar-refractivity contribution in [2.75, 3.05) is 0 Å². The molecule has 1 aliphatic rings. The maximum Gasteiger partial charge on any atom is 0.161 e. The minimum absolute atomic E-state index is 0.00954. The van der Waals surface area contributed by atoms with E-state index < -0.39 is 0 Å². The molecule has 0 aromatic heterocycles. The molecular weight excluding hydrogens is 200 g/mol. The lowest BCUT2D eigenvalue weighted by molar-refractivity contribution is -0.288. The van der Waals surface area contributed by atoms with Crippen LogP contribution in [0.2, 0.25) is 0 Å². The van der Waals surface area contributed by atoms with Crippen LogP contribution in [0.25, 0.3) is 0 Å². The number of hydrogen-bond donors (Lipinski definition) is 0. The fourth-order valence-corrected chi connectivity index (χ4v) is 2.57. The molecule has 1 heterocycles. The Morgan fingerprint density at radius 1 is 1.31 bits per heavy atom. The largest absolute Gasteiger partial charge is 0.349 e. The third kappa shape index (κ3) is 4.06. The topological polar surface area (TPSA) is 18.5 Å². The van der Waals surface area contributed by atoms with Crippen LogP contribution in [0.3, 0.4) is 0 Å². The molecule has 1 rings (SSSR count). The van der Waals surface area contributed by atoms with Crippen molar-refractivity contribution in [1.82, 2.24) is 0 Å². The molecule has 0 amide bonds. The highest BCUT2D eigenvalue weighted by Crippen LogP contribution is 2.33. The predicted octanol–water partition coefficient (Wildman–Crippen LogP) is 4.13. The minimum Gasteiger partial charge on any atom is -0.349 e. The Morgan fingerprint density at radius 2 is 2.00 bits per heavy atom. The van der Waals surface area contributed by atoms with Crippen LogP contribution in [-0.4, -0.2) is 18.0 Å². The second-order valence-corrected chi connectivity index (χ2v) is 5.71. The van der Waals surface area contributed by atoms with Gasteiger partial charge in [0.05, 0.1) is 11.7 Å². The van der Waals surface area contributed by atoms with Crippen molar-refractivity contribution < 1.29 is 9.47 Å². The first-order valence-corrected chi connectivity index (χ1v) is 6.81. The van der Waals surface area contributed by atoms with E-state index in [1.807, 2.05) is 0 Å². The van der Waals surface area contributed by atoms with Gasteiger partial charge < -0.3 is 9.47 Å². The van der Waals surface area contributed by atoms with Crippen molar-refractivity contribution in [2.45, 2.75) is 84.7 Å². The molecule has 0 aliphatic carbocycles. The van der Waals surface area contributed by atoms with Gasteiger partial charge in [0, 0.05) is 12.3 Å². The summed E-state index contributed by atoms with van der Waals surface area (Å²) in [5.41, 5.74) is -0.0258. The third-order valence-electron chi connectivity index (χ3n) is 3.42. The average Bonchev–Trinajstić information content (AvgIpc) is 2.15. The zero-order valence-corrected chi connectivity index (χ0v) is 11.6. The Balaban J connectivity index is 2.55. The molecule has 1 saturated heterocycles. The van der Waals surface area contributed by atoms with Crippen LogP contribution in [0.4, 0.5) is 0 Å². The Bertz CT molecular complexity index is 201. The molecule has 3 atom stereocenters. The summed E-state index contributed by atoms with van der Waals surface area (Å²) in [4.78, 5) is 0. The maximum absolute atomic E-state index is 6.07. The third-order valence-corrected chi connectivity index (χ3v) is 3.42. The lowest BCUT2D eigenvalue weighted by Gasteiger charge is -2.42. The van der Waals surface area contributed by atoms with Crippen molar-refractivity contribution in [3.8, 4) is 0 Å². The highest BCUT2D eigenvalue weighted by atomic mass is 16.7. The summed E-state index contributed by atoms with van der Waals surface area (Å²) in [6.07, 6.45) is 6.22. The van der Waals surface area contributed by atoms with Crippen molar-refractivity contribution in [3.05, 3.63) is 0 Å². The lowest BCUT2D eigenvalue weighted by Crippen LogP contribution is -2.46. The fraction of sp³-hybridized carbons (Fsp3) is 1.00. The van der Waals surface area contributed by atoms with Gasteiger partial charge in [-0.2, -0.15) is 0 Å². The zero-order valence-electron chi connectivity index (χ0n) is 11.6. The molecule has 2 heteroatoms. The number of ether oxygens (including phenoxy) is 2. The van der Waals surface area contributed by atoms with Gasteiger partial charge in [-0.3, -0.25) is 0 Å². The first-order chi connectivity index (χ1) is 7.48. The maximum atomic E-state index is 6.07. The molecule has 2 nitrogen and oxygen atoms in total. The molecule has 0 saturated carbocycles. The van der Waals surface area contributed by atoms with Gasteiger partial charge in [0.25, 0.3) is 0 Å². The van der Waals surface area contributed by atoms with Crippen LogP contribution in [-0.2, 0) is 9.47 Å². The van der Waals surface area contributed by atoms with E-state index >= 15 is 0 Å². The lowest BCUT2D eigenvalue weighted by atomic mass is 9.94. The van der Waals surface area contributed by atoms with Crippen LogP contribution in [0.15, 0.2) is 0 Å². The van der Waals surface area contributed by atoms with Crippen LogP contribution in [0.5, 0.6) is 0 Å². The molecule has 16 heavy (non-hydrogen) atoms. The molecule has 0 spiro atoms. The van der Waals surface area contributed by atoms with Gasteiger partial charge in [0.15, 0.2) is 6.29 Å². The Kier molecular flexibility index (Phi) is 5.26. The molecule has 0 N–H and O–H groups in total. The first-order valence-electron chi connectivity index (χ1n) is 6.81. The highest BCUT2D eigenvalue weighted by molar-refractivity contribution is 4.79. The average molecular weight is 228 g/mol. The van der Waals surface area contributed by atoms with Crippen molar-refractivity contribution in [1.29, 1.82) is 0 Å². The molecule has 1 fully saturated rings. The zero-order chi connectivity index (χ0) is 12.2. The van der Waals surface area contributed by atoms with Gasteiger partial charge in [0.1, 0.15) is 0 Å². The molecule has 96 valence electrons. The van der Waals surface area contributed by atoms with Crippen molar-refractivity contribution in [3.63, 3.8) is 0 Å². The number of unbranched alkanes of at least 4 members (excludes halogenated alkanes) is 1. The van der Waals surface area contributed by atoms with Gasteiger partial charge in [-0.25, -0.2) is 0 Å². The molecule has 0 unspecified atom stereocenters. The SMILES string of the molecule is CCCC[C@H](CC)[C@@H]1O[C@H](C)CC(C)(C)O1. The molecule has 0 aromatic carbocycles. The predicted molar refractivity (Wildman–Crippen MR) is 67.4 cm³/mol. The number of hydrogen-bond acceptors (Lipinski definition) is 2. The van der Waals surface area contributed by atoms with Gasteiger partial charge in [0.2, 0.25) is 0 Å². The van der Waals surface area contributed by atoms with E-state index in [9.17, 15) is 0 Å². The second-order valence-electron chi connectivity index (χ2n) is 5.71. The van der Waals surface area contributed by atoms with Gasteiger partial charge >= 0.3 is 0 Å². The molecular formula is C14H28O2. The summed E-state index contributed by atoms with van der Waals surface area (Å²) in [5.74, 6) is 0.557. The Hall–Kier alpha value is -0.0800. The fourth-order valence-electron chi connectivity index (χ4n) is 2.57. The molecule has 0 bridgehead atoms. The standard InChI is InChI=1S/C14H28O2/c1-6-8-9-12(7-2)13-15-11(3)10-14(4,5)16-13/h11-13H,6-10H2,1-5H3/t11-,12+,13-/m1/s1. The summed E-state index contributed by atoms with van der Waals surface area (Å²) in [6, 6.07) is 0. The van der Waals surface area contributed by atoms with Gasteiger partial charge in [-0.15, -0.1) is 0 Å². The normalized spacial score (nSPS) is 31.3. The van der Waals surface area contributed by atoms with Crippen LogP contribution in [0, 0.1) is 5.92 Å². The summed E-state index contributed by atoms with van der Waals surface area (Å²) in [7, 11) is 0. The number of rotatable bonds is 5. The van der Waals surface area contributed by atoms with Gasteiger partial charge in [-0.1, -0.05) is 26.7 Å². The monoisotopic (exact) mass is 228 g/mol. The Morgan fingerprint density at radius 3 is 2.50 bits per heavy atom. The van der Waals surface area contributed by atoms with Crippen molar-refractivity contribution >= 4 is 0 Å².